The Kier molecular flexibility index (Phi) is 42.9. The van der Waals surface area contributed by atoms with Crippen molar-refractivity contribution in [1.82, 2.24) is 31.9 Å². The van der Waals surface area contributed by atoms with Gasteiger partial charge >= 0.3 is 0 Å². The van der Waals surface area contributed by atoms with Gasteiger partial charge in [-0.3, -0.25) is 28.8 Å². The minimum atomic E-state index is -2.78. The minimum absolute atomic E-state index is 0.859. The van der Waals surface area contributed by atoms with Crippen LogP contribution in [0.15, 0.2) is 0 Å². The average molecular weight is 2030 g/mol. The van der Waals surface area contributed by atoms with Gasteiger partial charge in [0.25, 0.3) is 0 Å². The van der Waals surface area contributed by atoms with Crippen LogP contribution in [0.3, 0.4) is 0 Å². The van der Waals surface area contributed by atoms with E-state index < -0.39 is 439 Å². The quantitative estimate of drug-likeness (QED) is 0.0271. The summed E-state index contributed by atoms with van der Waals surface area (Å²) in [6.07, 6.45) is -104. The fraction of sp³-hybridized carbons (Fsp3) is 0.923. The van der Waals surface area contributed by atoms with Gasteiger partial charge in [0.1, 0.15) is 256 Å². The number of rotatable bonds is 40. The zero-order valence-electron chi connectivity index (χ0n) is 75.5. The first kappa shape index (κ1) is 116. The molecule has 61 heteroatoms. The minimum Gasteiger partial charge on any atom is -0.394 e. The zero-order chi connectivity index (χ0) is 103. The Morgan fingerprint density at radius 3 is 1.01 bits per heavy atom. The topological polar surface area (TPSA) is 946 Å². The largest absolute Gasteiger partial charge is 0.394 e. The normalized spacial score (nSPS) is 45.9. The van der Waals surface area contributed by atoms with Gasteiger partial charge in [0.15, 0.2) is 62.9 Å². The molecule has 54 atom stereocenters. The van der Waals surface area contributed by atoms with Gasteiger partial charge in [0, 0.05) is 41.5 Å². The van der Waals surface area contributed by atoms with Crippen LogP contribution in [0.2, 0.25) is 0 Å². The lowest BCUT2D eigenvalue weighted by Gasteiger charge is -2.51. The number of carbonyl (C=O) groups is 6. The number of amides is 6. The van der Waals surface area contributed by atoms with Gasteiger partial charge in [-0.1, -0.05) is 0 Å². The molecule has 0 spiro atoms. The molecular formula is C78H132N6O55. The SMILES string of the molecule is CC(=O)N[C@H]1[C@H](O[C@@H]([C@H](O)[C@H](CO)NC(C)=O)[C@H](O)CO[C@@H]2O[C@@H](C)[C@@H](O)[C@@H](O)[C@@H]2O)O[C@H](CO)[C@@H](O[C@@H]2O[C@H](CO[C@H]3O[C@H](CO[C@@H]4O[C@H](CO)[C@@H](O)[C@H](O)[C@H]4NC(C)=O)[C@@H](O)[C@H](O)[C@@H]3O[C@@H]3O[C@H](CO)[C@@H](O[C@@H]4O[C@H](CO)[C@H](O)[C@H](O)[C@H]4O)[C@H](O)[C@H]3NC(C)=O)[C@@H](O)[C@H](O[C@H]3O[C@H](CO)[C@@H](O[C@@H]4O[C@H](CO)[C@@H](O)[C@H](O)[C@H]4NC(C)=O)[C@H](O)[C@@H]3O[C@@H]3O[C@H](CO)[C@@H](O)[C@H](O)[C@H]3NC(C)=O)[C@@H]2O)[C@@H]1O. The molecule has 10 saturated heterocycles. The predicted molar refractivity (Wildman–Crippen MR) is 433 cm³/mol. The lowest BCUT2D eigenvalue weighted by atomic mass is 9.94. The van der Waals surface area contributed by atoms with Crippen molar-refractivity contribution in [2.24, 2.45) is 0 Å². The lowest BCUT2D eigenvalue weighted by molar-refractivity contribution is -0.403. The molecule has 10 aliphatic heterocycles. The Hall–Kier alpha value is -5.14. The maximum atomic E-state index is 13.4. The molecule has 10 fully saturated rings. The lowest BCUT2D eigenvalue weighted by Crippen LogP contribution is -2.71. The molecule has 0 radical (unpaired) electrons. The van der Waals surface area contributed by atoms with Crippen molar-refractivity contribution in [3.63, 3.8) is 0 Å². The second kappa shape index (κ2) is 51.5. The van der Waals surface area contributed by atoms with Crippen molar-refractivity contribution in [2.75, 3.05) is 72.7 Å². The van der Waals surface area contributed by atoms with E-state index in [4.69, 9.17) is 94.7 Å². The summed E-state index contributed by atoms with van der Waals surface area (Å²) in [5.41, 5.74) is 0. The summed E-state index contributed by atoms with van der Waals surface area (Å²) in [7, 11) is 0. The van der Waals surface area contributed by atoms with Gasteiger partial charge in [-0.25, -0.2) is 0 Å². The highest BCUT2D eigenvalue weighted by Gasteiger charge is 2.62. The van der Waals surface area contributed by atoms with E-state index in [0.717, 1.165) is 41.5 Å². The maximum absolute atomic E-state index is 13.4. The number of hydrogen-bond acceptors (Lipinski definition) is 55. The van der Waals surface area contributed by atoms with Gasteiger partial charge in [0.05, 0.1) is 84.8 Å². The van der Waals surface area contributed by atoms with Crippen LogP contribution in [-0.2, 0) is 124 Å². The van der Waals surface area contributed by atoms with E-state index in [1.807, 2.05) is 0 Å². The molecule has 804 valence electrons. The summed E-state index contributed by atoms with van der Waals surface area (Å²) >= 11 is 0. The second-order valence-electron chi connectivity index (χ2n) is 35.1. The van der Waals surface area contributed by atoms with Crippen LogP contribution in [0, 0.1) is 0 Å². The van der Waals surface area contributed by atoms with Gasteiger partial charge in [-0.05, 0) is 6.92 Å². The van der Waals surface area contributed by atoms with Crippen molar-refractivity contribution >= 4 is 35.4 Å². The van der Waals surface area contributed by atoms with E-state index in [0.29, 0.717) is 0 Å². The number of nitrogens with one attached hydrogen (secondary N) is 6. The van der Waals surface area contributed by atoms with E-state index in [9.17, 15) is 177 Å². The summed E-state index contributed by atoms with van der Waals surface area (Å²) in [6.45, 7) is -6.11. The van der Waals surface area contributed by atoms with E-state index in [2.05, 4.69) is 31.9 Å². The van der Waals surface area contributed by atoms with Crippen LogP contribution in [-0.4, -0.2) is 587 Å². The highest BCUT2D eigenvalue weighted by molar-refractivity contribution is 5.75. The Balaban J connectivity index is 1.07. The van der Waals surface area contributed by atoms with Crippen molar-refractivity contribution in [3.8, 4) is 0 Å². The standard InChI is InChI=1S/C78H132N6O55/c1-19-42(100)55(113)58(116)74(123-19)120-16-27(99)62(43(101)26(8-85)79-20(2)93)133-72-40(83-24(6)97)53(111)64(33(14-91)128-72)136-76-61(119)66(137-78-68(139-71-39(82-23(5)96)52(110)46(104)30(11-88)126-71)60(118)65(34(15-92)130-78)134-70-38(81-22(4)95)51(109)45(103)29(10-87)125-70)49(107)36(131-76)18-122-77-67(57(115)48(106)35(132-77)17-121-69-37(80-21(3)94)50(108)44(102)28(9-86)124-69)138-73-41(84-25(7)98)54(112)63(32(13-90)129-73)135-75-59(117)56(114)47(105)31(12-89)127-75/h19,26-78,85-92,99-119H,8-18H2,1-7H3,(H,79,93)(H,80,94)(H,81,95)(H,82,96)(H,83,97)(H,84,98)/t19-,26-,27+,28+,29+,30+,31+,32+,33+,34+,35+,36+,37+,38+,39+,40+,41+,42+,43+,44+,45+,46+,47-,48+,49+,50+,51+,52+,53+,54+,55+,56-,57-,58-,59+,60-,61-,62+,63+,64+,65+,66-,67-,68-,69+,70-,71-,72-,73-,74+,75-,76-,77-,78+/m0/s1. The van der Waals surface area contributed by atoms with Crippen LogP contribution in [0.5, 0.6) is 0 Å². The summed E-state index contributed by atoms with van der Waals surface area (Å²) in [5, 5.41) is 343. The third kappa shape index (κ3) is 27.1. The molecule has 0 aliphatic carbocycles. The first-order valence-electron chi connectivity index (χ1n) is 44.4. The highest BCUT2D eigenvalue weighted by Crippen LogP contribution is 2.41. The molecule has 139 heavy (non-hydrogen) atoms. The van der Waals surface area contributed by atoms with E-state index >= 15 is 0 Å². The van der Waals surface area contributed by atoms with Crippen LogP contribution >= 0.6 is 0 Å². The molecule has 0 aromatic heterocycles. The van der Waals surface area contributed by atoms with Crippen LogP contribution < -0.4 is 31.9 Å². The van der Waals surface area contributed by atoms with Crippen molar-refractivity contribution in [2.45, 2.75) is 380 Å². The second-order valence-corrected chi connectivity index (χ2v) is 35.1. The molecule has 10 aliphatic rings. The van der Waals surface area contributed by atoms with Crippen molar-refractivity contribution < 1.29 is 272 Å². The monoisotopic (exact) mass is 2030 g/mol. The molecule has 61 nitrogen and oxygen atoms in total. The van der Waals surface area contributed by atoms with Crippen LogP contribution in [0.1, 0.15) is 48.5 Å². The first-order valence-corrected chi connectivity index (χ1v) is 44.4. The number of carbonyl (C=O) groups excluding carboxylic acids is 6. The van der Waals surface area contributed by atoms with Gasteiger partial charge < -0.3 is 275 Å². The van der Waals surface area contributed by atoms with Crippen molar-refractivity contribution in [1.29, 1.82) is 0 Å². The third-order valence-corrected chi connectivity index (χ3v) is 25.0. The maximum Gasteiger partial charge on any atom is 0.217 e. The van der Waals surface area contributed by atoms with E-state index in [1.54, 1.807) is 0 Å². The molecule has 0 unspecified atom stereocenters. The summed E-state index contributed by atoms with van der Waals surface area (Å²) < 4.78 is 121. The third-order valence-electron chi connectivity index (χ3n) is 25.0. The molecule has 6 amide bonds. The molecule has 0 aromatic carbocycles. The predicted octanol–water partition coefficient (Wildman–Crippen LogP) is -23.5. The number of hydrogen-bond donors (Lipinski definition) is 35. The fourth-order valence-electron chi connectivity index (χ4n) is 17.6. The number of ether oxygens (including phenoxy) is 20. The van der Waals surface area contributed by atoms with Gasteiger partial charge in [-0.2, -0.15) is 0 Å². The molecule has 0 aromatic rings. The van der Waals surface area contributed by atoms with Gasteiger partial charge in [0.2, 0.25) is 35.4 Å². The van der Waals surface area contributed by atoms with E-state index in [1.165, 1.54) is 6.92 Å². The van der Waals surface area contributed by atoms with E-state index in [-0.39, 0.29) is 0 Å². The first-order chi connectivity index (χ1) is 65.6. The van der Waals surface area contributed by atoms with Crippen LogP contribution in [0.4, 0.5) is 0 Å². The molecular weight excluding hydrogens is 1900 g/mol. The Morgan fingerprint density at radius 2 is 0.576 bits per heavy atom. The van der Waals surface area contributed by atoms with Crippen LogP contribution in [0.25, 0.3) is 0 Å². The molecule has 0 bridgehead atoms. The Labute approximate surface area is 788 Å². The van der Waals surface area contributed by atoms with Crippen molar-refractivity contribution in [3.05, 3.63) is 0 Å². The number of aliphatic hydroxyl groups excluding tert-OH is 29. The molecule has 0 saturated carbocycles. The van der Waals surface area contributed by atoms with Gasteiger partial charge in [-0.15, -0.1) is 0 Å². The highest BCUT2D eigenvalue weighted by atomic mass is 16.8. The molecule has 35 N–H and O–H groups in total. The smallest absolute Gasteiger partial charge is 0.217 e. The molecule has 10 rings (SSSR count). The number of aliphatic hydroxyl groups is 29. The zero-order valence-corrected chi connectivity index (χ0v) is 75.5. The molecule has 10 heterocycles. The summed E-state index contributed by atoms with van der Waals surface area (Å²) in [5.74, 6) is -5.77. The summed E-state index contributed by atoms with van der Waals surface area (Å²) in [6, 6.07) is -11.6. The Bertz CT molecular complexity index is 3840. The Morgan fingerprint density at radius 1 is 0.266 bits per heavy atom. The summed E-state index contributed by atoms with van der Waals surface area (Å²) in [4.78, 5) is 77.5. The average Bonchev–Trinajstić information content (AvgIpc) is 0.759. The fourth-order valence-corrected chi connectivity index (χ4v) is 17.6.